The molecule has 0 radical (unpaired) electrons. The van der Waals surface area contributed by atoms with Crippen LogP contribution in [0.4, 0.5) is 0 Å². The average molecular weight is 358 g/mol. The Bertz CT molecular complexity index is 360. The van der Waals surface area contributed by atoms with Crippen LogP contribution in [0, 0.1) is 12.8 Å². The van der Waals surface area contributed by atoms with E-state index in [1.165, 1.54) is 36.8 Å². The molecule has 1 fully saturated rings. The molecule has 1 aliphatic carbocycles. The van der Waals surface area contributed by atoms with E-state index in [1.807, 2.05) is 0 Å². The molecule has 0 heterocycles. The van der Waals surface area contributed by atoms with Crippen LogP contribution in [0.3, 0.4) is 0 Å². The van der Waals surface area contributed by atoms with Crippen LogP contribution in [-0.2, 0) is 4.74 Å². The van der Waals surface area contributed by atoms with Crippen LogP contribution in [0.15, 0.2) is 24.3 Å². The van der Waals surface area contributed by atoms with Crippen LogP contribution in [0.25, 0.3) is 0 Å². The average Bonchev–Trinajstić information content (AvgIpc) is 2.39. The van der Waals surface area contributed by atoms with Crippen molar-refractivity contribution in [1.29, 1.82) is 0 Å². The van der Waals surface area contributed by atoms with Crippen molar-refractivity contribution in [2.75, 3.05) is 4.43 Å². The van der Waals surface area contributed by atoms with Crippen LogP contribution in [0.2, 0.25) is 0 Å². The number of halogens is 1. The number of hydrogen-bond acceptors (Lipinski definition) is 1. The molecule has 0 N–H and O–H groups in total. The Hall–Kier alpha value is -0.0900. The highest BCUT2D eigenvalue weighted by Gasteiger charge is 2.25. The highest BCUT2D eigenvalue weighted by atomic mass is 127. The van der Waals surface area contributed by atoms with Crippen molar-refractivity contribution in [3.63, 3.8) is 0 Å². The minimum absolute atomic E-state index is 0.261. The zero-order valence-corrected chi connectivity index (χ0v) is 13.5. The number of ether oxygens (including phenoxy) is 1. The third-order valence-electron chi connectivity index (χ3n) is 3.96. The van der Waals surface area contributed by atoms with Gasteiger partial charge in [-0.15, -0.1) is 0 Å². The van der Waals surface area contributed by atoms with Gasteiger partial charge in [-0.1, -0.05) is 72.2 Å². The Morgan fingerprint density at radius 2 is 1.89 bits per heavy atom. The largest absolute Gasteiger partial charge is 0.369 e. The van der Waals surface area contributed by atoms with Crippen LogP contribution in [0.1, 0.15) is 49.8 Å². The first-order chi connectivity index (χ1) is 8.70. The predicted octanol–water partition coefficient (Wildman–Crippen LogP) is 5.07. The molecule has 0 bridgehead atoms. The van der Waals surface area contributed by atoms with Gasteiger partial charge < -0.3 is 4.74 Å². The molecule has 2 rings (SSSR count). The molecule has 3 atom stereocenters. The van der Waals surface area contributed by atoms with E-state index < -0.39 is 0 Å². The normalized spacial score (nSPS) is 25.9. The van der Waals surface area contributed by atoms with Crippen molar-refractivity contribution >= 4 is 22.6 Å². The molecular weight excluding hydrogens is 335 g/mol. The molecule has 1 saturated carbocycles. The minimum atomic E-state index is 0.261. The highest BCUT2D eigenvalue weighted by Crippen LogP contribution is 2.31. The van der Waals surface area contributed by atoms with Crippen LogP contribution in [0.5, 0.6) is 0 Å². The summed E-state index contributed by atoms with van der Waals surface area (Å²) in [5.41, 5.74) is 2.64. The summed E-state index contributed by atoms with van der Waals surface area (Å²) in [6.07, 6.45) is 5.99. The van der Waals surface area contributed by atoms with Crippen LogP contribution in [-0.4, -0.2) is 10.5 Å². The number of rotatable bonds is 4. The summed E-state index contributed by atoms with van der Waals surface area (Å²) in [6.45, 7) is 4.47. The SMILES string of the molecule is Cc1ccc(C(CI)OC2CCCCC2C)cc1. The third-order valence-corrected chi connectivity index (χ3v) is 4.76. The number of aryl methyl sites for hydroxylation is 1. The maximum Gasteiger partial charge on any atom is 0.0918 e. The fourth-order valence-electron chi connectivity index (χ4n) is 2.68. The Morgan fingerprint density at radius 1 is 1.22 bits per heavy atom. The second-order valence-electron chi connectivity index (χ2n) is 5.49. The predicted molar refractivity (Wildman–Crippen MR) is 85.3 cm³/mol. The molecule has 0 spiro atoms. The van der Waals surface area contributed by atoms with E-state index in [0.29, 0.717) is 6.10 Å². The van der Waals surface area contributed by atoms with Crippen molar-refractivity contribution in [2.24, 2.45) is 5.92 Å². The Kier molecular flexibility index (Phi) is 5.49. The molecule has 1 aromatic rings. The second-order valence-corrected chi connectivity index (χ2v) is 6.37. The lowest BCUT2D eigenvalue weighted by Crippen LogP contribution is -2.27. The van der Waals surface area contributed by atoms with E-state index in [4.69, 9.17) is 4.74 Å². The van der Waals surface area contributed by atoms with E-state index >= 15 is 0 Å². The Balaban J connectivity index is 2.02. The molecule has 0 saturated heterocycles. The summed E-state index contributed by atoms with van der Waals surface area (Å²) >= 11 is 2.44. The summed E-state index contributed by atoms with van der Waals surface area (Å²) in [4.78, 5) is 0. The number of hydrogen-bond donors (Lipinski definition) is 0. The number of benzene rings is 1. The van der Waals surface area contributed by atoms with Gasteiger partial charge in [-0.3, -0.25) is 0 Å². The van der Waals surface area contributed by atoms with Crippen molar-refractivity contribution in [3.8, 4) is 0 Å². The van der Waals surface area contributed by atoms with Crippen molar-refractivity contribution in [2.45, 2.75) is 51.7 Å². The van der Waals surface area contributed by atoms with E-state index in [-0.39, 0.29) is 6.10 Å². The topological polar surface area (TPSA) is 9.23 Å². The molecule has 0 aromatic heterocycles. The number of alkyl halides is 1. The Morgan fingerprint density at radius 3 is 2.50 bits per heavy atom. The van der Waals surface area contributed by atoms with Gasteiger partial charge in [0, 0.05) is 4.43 Å². The van der Waals surface area contributed by atoms with Gasteiger partial charge in [-0.2, -0.15) is 0 Å². The zero-order valence-electron chi connectivity index (χ0n) is 11.4. The first kappa shape index (κ1) is 14.3. The van der Waals surface area contributed by atoms with Gasteiger partial charge >= 0.3 is 0 Å². The monoisotopic (exact) mass is 358 g/mol. The van der Waals surface area contributed by atoms with E-state index in [1.54, 1.807) is 0 Å². The van der Waals surface area contributed by atoms with Gasteiger partial charge in [0.1, 0.15) is 0 Å². The van der Waals surface area contributed by atoms with E-state index in [0.717, 1.165) is 10.3 Å². The molecule has 1 aliphatic rings. The van der Waals surface area contributed by atoms with Gasteiger partial charge in [0.15, 0.2) is 0 Å². The minimum Gasteiger partial charge on any atom is -0.369 e. The quantitative estimate of drug-likeness (QED) is 0.540. The van der Waals surface area contributed by atoms with Crippen LogP contribution < -0.4 is 0 Å². The summed E-state index contributed by atoms with van der Waals surface area (Å²) in [5, 5.41) is 0. The molecule has 3 unspecified atom stereocenters. The Labute approximate surface area is 124 Å². The maximum atomic E-state index is 6.37. The fourth-order valence-corrected chi connectivity index (χ4v) is 3.40. The first-order valence-electron chi connectivity index (χ1n) is 6.98. The smallest absolute Gasteiger partial charge is 0.0918 e. The van der Waals surface area contributed by atoms with Crippen molar-refractivity contribution in [1.82, 2.24) is 0 Å². The van der Waals surface area contributed by atoms with E-state index in [9.17, 15) is 0 Å². The lowest BCUT2D eigenvalue weighted by atomic mass is 9.88. The van der Waals surface area contributed by atoms with E-state index in [2.05, 4.69) is 60.7 Å². The lowest BCUT2D eigenvalue weighted by molar-refractivity contribution is -0.0461. The summed E-state index contributed by atoms with van der Waals surface area (Å²) in [6, 6.07) is 8.79. The first-order valence-corrected chi connectivity index (χ1v) is 8.51. The molecule has 0 amide bonds. The summed E-state index contributed by atoms with van der Waals surface area (Å²) in [7, 11) is 0. The van der Waals surface area contributed by atoms with Gasteiger partial charge in [-0.05, 0) is 31.2 Å². The van der Waals surface area contributed by atoms with Gasteiger partial charge in [0.05, 0.1) is 12.2 Å². The standard InChI is InChI=1S/C16H23IO/c1-12-7-9-14(10-8-12)16(11-17)18-15-6-4-3-5-13(15)2/h7-10,13,15-16H,3-6,11H2,1-2H3. The second kappa shape index (κ2) is 6.90. The summed E-state index contributed by atoms with van der Waals surface area (Å²) in [5.74, 6) is 0.717. The molecule has 1 aromatic carbocycles. The maximum absolute atomic E-state index is 6.37. The van der Waals surface area contributed by atoms with Gasteiger partial charge in [0.2, 0.25) is 0 Å². The molecule has 0 aliphatic heterocycles. The molecular formula is C16H23IO. The van der Waals surface area contributed by atoms with Crippen molar-refractivity contribution < 1.29 is 4.74 Å². The summed E-state index contributed by atoms with van der Waals surface area (Å²) < 4.78 is 7.40. The molecule has 2 heteroatoms. The van der Waals surface area contributed by atoms with Gasteiger partial charge in [-0.25, -0.2) is 0 Å². The molecule has 100 valence electrons. The fraction of sp³-hybridized carbons (Fsp3) is 0.625. The van der Waals surface area contributed by atoms with Gasteiger partial charge in [0.25, 0.3) is 0 Å². The molecule has 18 heavy (non-hydrogen) atoms. The van der Waals surface area contributed by atoms with Crippen molar-refractivity contribution in [3.05, 3.63) is 35.4 Å². The zero-order chi connectivity index (χ0) is 13.0. The lowest BCUT2D eigenvalue weighted by Gasteiger charge is -2.32. The highest BCUT2D eigenvalue weighted by molar-refractivity contribution is 14.1. The third kappa shape index (κ3) is 3.70. The molecule has 1 nitrogen and oxygen atoms in total. The van der Waals surface area contributed by atoms with Crippen LogP contribution >= 0.6 is 22.6 Å².